The highest BCUT2D eigenvalue weighted by molar-refractivity contribution is 9.10. The molecule has 0 saturated heterocycles. The predicted octanol–water partition coefficient (Wildman–Crippen LogP) is 1.91. The molecule has 0 fully saturated rings. The van der Waals surface area contributed by atoms with Gasteiger partial charge in [-0.15, -0.1) is 0 Å². The maximum Gasteiger partial charge on any atom is 0.132 e. The molecule has 0 saturated carbocycles. The first-order valence-corrected chi connectivity index (χ1v) is 5.35. The number of nitrogens with zero attached hydrogens (tertiary/aromatic N) is 2. The molecule has 74 valence electrons. The normalized spacial score (nSPS) is 11.1. The fourth-order valence-corrected chi connectivity index (χ4v) is 2.33. The minimum absolute atomic E-state index is 0.624. The van der Waals surface area contributed by atoms with Crippen LogP contribution in [-0.4, -0.2) is 15.9 Å². The second-order valence-corrected chi connectivity index (χ2v) is 4.02. The van der Waals surface area contributed by atoms with Crippen molar-refractivity contribution in [1.29, 1.82) is 0 Å². The molecule has 2 rings (SSSR count). The topological polar surface area (TPSA) is 43.3 Å². The molecular formula is C10H12BrN3. The van der Waals surface area contributed by atoms with Crippen molar-refractivity contribution < 1.29 is 0 Å². The molecule has 0 aliphatic heterocycles. The van der Waals surface area contributed by atoms with E-state index in [1.807, 2.05) is 12.3 Å². The van der Waals surface area contributed by atoms with Crippen LogP contribution >= 0.6 is 15.9 Å². The van der Waals surface area contributed by atoms with E-state index in [1.165, 1.54) is 5.56 Å². The highest BCUT2D eigenvalue weighted by atomic mass is 79.9. The lowest BCUT2D eigenvalue weighted by Crippen LogP contribution is -2.06. The number of halogens is 1. The van der Waals surface area contributed by atoms with Gasteiger partial charge in [-0.1, -0.05) is 6.07 Å². The minimum atomic E-state index is 0.624. The van der Waals surface area contributed by atoms with Crippen molar-refractivity contribution in [1.82, 2.24) is 9.38 Å². The standard InChI is InChI=1S/C10H12BrN3/c1-7-3-2-6-14-8(4-5-12)13-10(11)9(7)14/h2-3,6H,4-5,12H2,1H3. The van der Waals surface area contributed by atoms with E-state index in [1.54, 1.807) is 0 Å². The number of imidazole rings is 1. The van der Waals surface area contributed by atoms with Gasteiger partial charge in [0, 0.05) is 12.6 Å². The molecule has 2 aromatic rings. The molecule has 0 bridgehead atoms. The zero-order valence-corrected chi connectivity index (χ0v) is 9.58. The number of aryl methyl sites for hydroxylation is 1. The number of pyridine rings is 1. The highest BCUT2D eigenvalue weighted by Gasteiger charge is 2.09. The van der Waals surface area contributed by atoms with E-state index in [0.717, 1.165) is 22.4 Å². The average molecular weight is 254 g/mol. The Bertz CT molecular complexity index is 462. The summed E-state index contributed by atoms with van der Waals surface area (Å²) in [6, 6.07) is 4.10. The number of fused-ring (bicyclic) bond motifs is 1. The largest absolute Gasteiger partial charge is 0.330 e. The van der Waals surface area contributed by atoms with Crippen LogP contribution in [0, 0.1) is 6.92 Å². The van der Waals surface area contributed by atoms with Crippen LogP contribution in [0.2, 0.25) is 0 Å². The van der Waals surface area contributed by atoms with Crippen LogP contribution in [0.25, 0.3) is 5.52 Å². The summed E-state index contributed by atoms with van der Waals surface area (Å²) < 4.78 is 2.99. The number of hydrogen-bond donors (Lipinski definition) is 1. The maximum absolute atomic E-state index is 5.53. The molecule has 0 radical (unpaired) electrons. The van der Waals surface area contributed by atoms with Crippen LogP contribution < -0.4 is 5.73 Å². The van der Waals surface area contributed by atoms with Crippen molar-refractivity contribution in [3.8, 4) is 0 Å². The zero-order valence-electron chi connectivity index (χ0n) is 8.00. The van der Waals surface area contributed by atoms with Crippen molar-refractivity contribution in [2.75, 3.05) is 6.54 Å². The van der Waals surface area contributed by atoms with E-state index in [2.05, 4.69) is 38.3 Å². The van der Waals surface area contributed by atoms with Gasteiger partial charge in [-0.2, -0.15) is 0 Å². The van der Waals surface area contributed by atoms with E-state index in [0.29, 0.717) is 6.54 Å². The molecule has 0 atom stereocenters. The smallest absolute Gasteiger partial charge is 0.132 e. The number of hydrogen-bond acceptors (Lipinski definition) is 2. The third kappa shape index (κ3) is 1.44. The second-order valence-electron chi connectivity index (χ2n) is 3.27. The third-order valence-electron chi connectivity index (χ3n) is 2.26. The van der Waals surface area contributed by atoms with Gasteiger partial charge in [-0.3, -0.25) is 0 Å². The second kappa shape index (κ2) is 3.71. The Balaban J connectivity index is 2.71. The predicted molar refractivity (Wildman–Crippen MR) is 60.4 cm³/mol. The lowest BCUT2D eigenvalue weighted by molar-refractivity contribution is 0.861. The van der Waals surface area contributed by atoms with Crippen molar-refractivity contribution in [3.63, 3.8) is 0 Å². The number of aromatic nitrogens is 2. The van der Waals surface area contributed by atoms with Crippen molar-refractivity contribution in [3.05, 3.63) is 34.3 Å². The van der Waals surface area contributed by atoms with E-state index < -0.39 is 0 Å². The van der Waals surface area contributed by atoms with Crippen LogP contribution in [0.3, 0.4) is 0 Å². The van der Waals surface area contributed by atoms with Gasteiger partial charge < -0.3 is 10.1 Å². The summed E-state index contributed by atoms with van der Waals surface area (Å²) >= 11 is 3.47. The van der Waals surface area contributed by atoms with Crippen molar-refractivity contribution in [2.45, 2.75) is 13.3 Å². The quantitative estimate of drug-likeness (QED) is 0.889. The first kappa shape index (κ1) is 9.68. The molecule has 4 heteroatoms. The molecule has 2 heterocycles. The van der Waals surface area contributed by atoms with Gasteiger partial charge in [0.25, 0.3) is 0 Å². The minimum Gasteiger partial charge on any atom is -0.330 e. The molecule has 0 aliphatic rings. The Hall–Kier alpha value is -0.870. The molecule has 3 nitrogen and oxygen atoms in total. The van der Waals surface area contributed by atoms with Crippen LogP contribution in [0.15, 0.2) is 22.9 Å². The molecule has 0 amide bonds. The van der Waals surface area contributed by atoms with Gasteiger partial charge in [0.05, 0.1) is 5.52 Å². The van der Waals surface area contributed by atoms with Crippen LogP contribution in [0.5, 0.6) is 0 Å². The first-order valence-electron chi connectivity index (χ1n) is 4.56. The molecule has 0 spiro atoms. The van der Waals surface area contributed by atoms with Gasteiger partial charge in [-0.25, -0.2) is 4.98 Å². The van der Waals surface area contributed by atoms with Crippen molar-refractivity contribution >= 4 is 21.4 Å². The summed E-state index contributed by atoms with van der Waals surface area (Å²) in [5.74, 6) is 1.01. The number of nitrogens with two attached hydrogens (primary N) is 1. The summed E-state index contributed by atoms with van der Waals surface area (Å²) in [4.78, 5) is 4.44. The monoisotopic (exact) mass is 253 g/mol. The Morgan fingerprint density at radius 1 is 1.57 bits per heavy atom. The van der Waals surface area contributed by atoms with Crippen LogP contribution in [0.1, 0.15) is 11.4 Å². The lowest BCUT2D eigenvalue weighted by Gasteiger charge is -2.00. The van der Waals surface area contributed by atoms with Crippen LogP contribution in [0.4, 0.5) is 0 Å². The lowest BCUT2D eigenvalue weighted by atomic mass is 10.2. The summed E-state index contributed by atoms with van der Waals surface area (Å²) in [6.07, 6.45) is 2.82. The maximum atomic E-state index is 5.53. The first-order chi connectivity index (χ1) is 6.74. The van der Waals surface area contributed by atoms with Gasteiger partial charge in [0.2, 0.25) is 0 Å². The molecule has 2 N–H and O–H groups in total. The van der Waals surface area contributed by atoms with Gasteiger partial charge in [-0.05, 0) is 41.0 Å². The molecule has 2 aromatic heterocycles. The fourth-order valence-electron chi connectivity index (χ4n) is 1.62. The van der Waals surface area contributed by atoms with Crippen molar-refractivity contribution in [2.24, 2.45) is 5.73 Å². The summed E-state index contributed by atoms with van der Waals surface area (Å²) in [6.45, 7) is 2.70. The Kier molecular flexibility index (Phi) is 2.56. The molecular weight excluding hydrogens is 242 g/mol. The van der Waals surface area contributed by atoms with Crippen LogP contribution in [-0.2, 0) is 6.42 Å². The summed E-state index contributed by atoms with van der Waals surface area (Å²) in [5.41, 5.74) is 7.88. The number of rotatable bonds is 2. The fraction of sp³-hybridized carbons (Fsp3) is 0.300. The Labute approximate surface area is 91.1 Å². The summed E-state index contributed by atoms with van der Waals surface area (Å²) in [7, 11) is 0. The third-order valence-corrected chi connectivity index (χ3v) is 2.82. The van der Waals surface area contributed by atoms with E-state index >= 15 is 0 Å². The van der Waals surface area contributed by atoms with Gasteiger partial charge >= 0.3 is 0 Å². The SMILES string of the molecule is Cc1cccn2c(CCN)nc(Br)c12. The van der Waals surface area contributed by atoms with E-state index in [-0.39, 0.29) is 0 Å². The van der Waals surface area contributed by atoms with Gasteiger partial charge in [0.15, 0.2) is 0 Å². The Morgan fingerprint density at radius 2 is 2.36 bits per heavy atom. The molecule has 0 unspecified atom stereocenters. The van der Waals surface area contributed by atoms with E-state index in [4.69, 9.17) is 5.73 Å². The molecule has 0 aliphatic carbocycles. The Morgan fingerprint density at radius 3 is 3.07 bits per heavy atom. The molecule has 0 aromatic carbocycles. The molecule has 14 heavy (non-hydrogen) atoms. The average Bonchev–Trinajstić information content (AvgIpc) is 2.46. The van der Waals surface area contributed by atoms with E-state index in [9.17, 15) is 0 Å². The zero-order chi connectivity index (χ0) is 10.1. The van der Waals surface area contributed by atoms with Gasteiger partial charge in [0.1, 0.15) is 10.4 Å². The highest BCUT2D eigenvalue weighted by Crippen LogP contribution is 2.22. The summed E-state index contributed by atoms with van der Waals surface area (Å²) in [5, 5.41) is 0.